The Balaban J connectivity index is 1.34. The van der Waals surface area contributed by atoms with E-state index in [1.807, 2.05) is 36.4 Å². The molecule has 0 atom stereocenters. The summed E-state index contributed by atoms with van der Waals surface area (Å²) in [5.74, 6) is 1.32. The van der Waals surface area contributed by atoms with Crippen LogP contribution in [-0.4, -0.2) is 85.1 Å². The van der Waals surface area contributed by atoms with Crippen molar-refractivity contribution in [3.8, 4) is 45.1 Å². The fourth-order valence-electron chi connectivity index (χ4n) is 6.05. The van der Waals surface area contributed by atoms with Gasteiger partial charge in [-0.1, -0.05) is 59.6 Å². The Morgan fingerprint density at radius 2 is 1.61 bits per heavy atom. The summed E-state index contributed by atoms with van der Waals surface area (Å²) in [4.78, 5) is 13.9. The van der Waals surface area contributed by atoms with Gasteiger partial charge in [0.05, 0.1) is 48.9 Å². The maximum absolute atomic E-state index is 9.63. The summed E-state index contributed by atoms with van der Waals surface area (Å²) in [6.07, 6.45) is 2.35. The Morgan fingerprint density at radius 3 is 2.30 bits per heavy atom. The van der Waals surface area contributed by atoms with Crippen LogP contribution < -0.4 is 9.47 Å². The number of hydrogen-bond acceptors (Lipinski definition) is 8. The molecule has 2 aliphatic heterocycles. The van der Waals surface area contributed by atoms with Crippen molar-refractivity contribution < 1.29 is 19.3 Å². The van der Waals surface area contributed by atoms with Gasteiger partial charge in [-0.05, 0) is 35.2 Å². The molecule has 230 valence electrons. The smallest absolute Gasteiger partial charge is 0.237 e. The van der Waals surface area contributed by atoms with Crippen LogP contribution in [0.5, 0.6) is 11.6 Å². The maximum Gasteiger partial charge on any atom is 0.237 e. The second-order valence-corrected chi connectivity index (χ2v) is 12.0. The summed E-state index contributed by atoms with van der Waals surface area (Å²) in [6, 6.07) is 16.1. The highest BCUT2D eigenvalue weighted by Gasteiger charge is 2.27. The Bertz CT molecular complexity index is 1660. The largest absolute Gasteiger partial charge is 0.496 e. The van der Waals surface area contributed by atoms with E-state index < -0.39 is 0 Å². The van der Waals surface area contributed by atoms with E-state index in [1.54, 1.807) is 27.5 Å². The molecule has 8 nitrogen and oxygen atoms in total. The van der Waals surface area contributed by atoms with Crippen molar-refractivity contribution in [2.75, 3.05) is 54.1 Å². The van der Waals surface area contributed by atoms with Crippen LogP contribution in [0.4, 0.5) is 0 Å². The van der Waals surface area contributed by atoms with Gasteiger partial charge in [0.25, 0.3) is 0 Å². The maximum atomic E-state index is 9.63. The number of methoxy groups -OCH3 is 3. The summed E-state index contributed by atoms with van der Waals surface area (Å²) in [6.45, 7) is 5.18. The second kappa shape index (κ2) is 13.4. The fourth-order valence-corrected chi connectivity index (χ4v) is 6.71. The number of ether oxygens (including phenoxy) is 3. The third-order valence-corrected chi connectivity index (χ3v) is 9.21. The van der Waals surface area contributed by atoms with Crippen molar-refractivity contribution in [1.29, 1.82) is 0 Å². The van der Waals surface area contributed by atoms with Crippen LogP contribution >= 0.6 is 23.2 Å². The van der Waals surface area contributed by atoms with Crippen molar-refractivity contribution >= 4 is 23.2 Å². The number of aliphatic hydroxyl groups excluding tert-OH is 1. The van der Waals surface area contributed by atoms with Gasteiger partial charge in [-0.15, -0.1) is 0 Å². The number of nitrogens with zero attached hydrogens (tertiary/aromatic N) is 4. The molecule has 10 heteroatoms. The number of likely N-dealkylation sites (tertiary alicyclic amines) is 1. The van der Waals surface area contributed by atoms with Gasteiger partial charge in [0.2, 0.25) is 5.88 Å². The topological polar surface area (TPSA) is 80.2 Å². The third kappa shape index (κ3) is 6.15. The minimum Gasteiger partial charge on any atom is -0.496 e. The van der Waals surface area contributed by atoms with E-state index in [2.05, 4.69) is 26.9 Å². The van der Waals surface area contributed by atoms with Gasteiger partial charge in [0.1, 0.15) is 11.4 Å². The van der Waals surface area contributed by atoms with Crippen LogP contribution in [0.15, 0.2) is 54.7 Å². The highest BCUT2D eigenvalue weighted by atomic mass is 35.5. The van der Waals surface area contributed by atoms with Gasteiger partial charge in [-0.25, -0.2) is 4.98 Å². The summed E-state index contributed by atoms with van der Waals surface area (Å²) in [7, 11) is 5.04. The zero-order valence-corrected chi connectivity index (χ0v) is 26.7. The summed E-state index contributed by atoms with van der Waals surface area (Å²) < 4.78 is 16.7. The van der Waals surface area contributed by atoms with E-state index in [4.69, 9.17) is 42.4 Å². The molecule has 44 heavy (non-hydrogen) atoms. The zero-order valence-electron chi connectivity index (χ0n) is 25.1. The summed E-state index contributed by atoms with van der Waals surface area (Å²) in [5, 5.41) is 10.8. The molecule has 0 aliphatic carbocycles. The summed E-state index contributed by atoms with van der Waals surface area (Å²) in [5.41, 5.74) is 8.06. The quantitative estimate of drug-likeness (QED) is 0.228. The molecule has 0 spiro atoms. The van der Waals surface area contributed by atoms with E-state index in [1.165, 1.54) is 11.1 Å². The molecule has 1 N–H and O–H groups in total. The normalized spacial score (nSPS) is 15.6. The van der Waals surface area contributed by atoms with Crippen LogP contribution in [0.1, 0.15) is 16.8 Å². The lowest BCUT2D eigenvalue weighted by atomic mass is 9.92. The average Bonchev–Trinajstić information content (AvgIpc) is 3.03. The molecule has 1 fully saturated rings. The molecule has 4 aromatic rings. The molecule has 6 rings (SSSR count). The van der Waals surface area contributed by atoms with E-state index in [-0.39, 0.29) is 6.10 Å². The van der Waals surface area contributed by atoms with Crippen molar-refractivity contribution in [1.82, 2.24) is 19.8 Å². The van der Waals surface area contributed by atoms with Crippen molar-refractivity contribution in [2.45, 2.75) is 25.6 Å². The number of hydrogen-bond donors (Lipinski definition) is 1. The Labute approximate surface area is 268 Å². The van der Waals surface area contributed by atoms with E-state index in [9.17, 15) is 5.11 Å². The van der Waals surface area contributed by atoms with Crippen LogP contribution in [0.2, 0.25) is 10.0 Å². The minimum absolute atomic E-state index is 0.286. The highest BCUT2D eigenvalue weighted by Crippen LogP contribution is 2.44. The highest BCUT2D eigenvalue weighted by molar-refractivity contribution is 6.39. The monoisotopic (exact) mass is 634 g/mol. The van der Waals surface area contributed by atoms with Crippen LogP contribution in [0.3, 0.4) is 0 Å². The van der Waals surface area contributed by atoms with E-state index in [0.29, 0.717) is 53.6 Å². The number of aliphatic hydroxyl groups is 1. The number of β-amino-alcohol motifs (C(OH)–C–C–N with tert-alkyl or cyclic N) is 1. The minimum atomic E-state index is -0.286. The number of aromatic nitrogens is 2. The lowest BCUT2D eigenvalue weighted by molar-refractivity contribution is -0.00402. The van der Waals surface area contributed by atoms with Gasteiger partial charge in [0.15, 0.2) is 0 Å². The molecule has 1 aromatic heterocycles. The fraction of sp³-hybridized carbons (Fsp3) is 0.353. The van der Waals surface area contributed by atoms with Crippen LogP contribution in [-0.2, 0) is 24.2 Å². The van der Waals surface area contributed by atoms with Gasteiger partial charge in [-0.3, -0.25) is 14.8 Å². The van der Waals surface area contributed by atoms with Gasteiger partial charge in [-0.2, -0.15) is 0 Å². The van der Waals surface area contributed by atoms with Crippen molar-refractivity contribution in [2.24, 2.45) is 0 Å². The van der Waals surface area contributed by atoms with Gasteiger partial charge < -0.3 is 19.3 Å². The molecule has 0 amide bonds. The van der Waals surface area contributed by atoms with E-state index >= 15 is 0 Å². The van der Waals surface area contributed by atoms with Crippen LogP contribution in [0, 0.1) is 0 Å². The van der Waals surface area contributed by atoms with Crippen molar-refractivity contribution in [3.63, 3.8) is 0 Å². The van der Waals surface area contributed by atoms with E-state index in [0.717, 1.165) is 59.6 Å². The number of halogens is 2. The molecule has 2 aliphatic rings. The standard InChI is InChI=1S/C34H36Cl2N4O4/c1-42-13-12-39-11-10-24-22(17-39)14-21(15-31(24)43-2)25-6-4-7-26(32(25)35)27-8-5-9-28(33(27)36)29-16-37-30(34(38-29)44-3)20-40-18-23(41)19-40/h4-9,14-16,23,41H,10-13,17-20H2,1-3H3. The average molecular weight is 636 g/mol. The molecule has 0 saturated carbocycles. The lowest BCUT2D eigenvalue weighted by Crippen LogP contribution is -2.50. The molecule has 3 heterocycles. The molecular weight excluding hydrogens is 599 g/mol. The molecular formula is C34H36Cl2N4O4. The molecule has 3 aromatic carbocycles. The second-order valence-electron chi connectivity index (χ2n) is 11.2. The molecule has 1 saturated heterocycles. The number of benzene rings is 3. The van der Waals surface area contributed by atoms with Crippen molar-refractivity contribution in [3.05, 3.63) is 81.6 Å². The number of rotatable bonds is 10. The Kier molecular flexibility index (Phi) is 9.37. The summed E-state index contributed by atoms with van der Waals surface area (Å²) >= 11 is 14.3. The molecule has 0 bridgehead atoms. The van der Waals surface area contributed by atoms with Gasteiger partial charge >= 0.3 is 0 Å². The van der Waals surface area contributed by atoms with Crippen LogP contribution in [0.25, 0.3) is 33.5 Å². The lowest BCUT2D eigenvalue weighted by Gasteiger charge is -2.35. The SMILES string of the molecule is COCCN1CCc2c(cc(-c3cccc(-c4cccc(-c5cnc(CN6CC(O)C6)c(OC)n5)c4Cl)c3Cl)cc2OC)C1. The Morgan fingerprint density at radius 1 is 0.909 bits per heavy atom. The number of fused-ring (bicyclic) bond motifs is 1. The first-order chi connectivity index (χ1) is 21.4. The Hall–Kier alpha value is -3.24. The third-order valence-electron chi connectivity index (χ3n) is 8.40. The molecule has 0 unspecified atom stereocenters. The zero-order chi connectivity index (χ0) is 30.8. The molecule has 0 radical (unpaired) electrons. The first kappa shape index (κ1) is 30.8. The first-order valence-electron chi connectivity index (χ1n) is 14.7. The van der Waals surface area contributed by atoms with Gasteiger partial charge in [0, 0.05) is 68.6 Å². The predicted octanol–water partition coefficient (Wildman–Crippen LogP) is 5.98. The first-order valence-corrected chi connectivity index (χ1v) is 15.4. The predicted molar refractivity (Wildman–Crippen MR) is 174 cm³/mol.